The zero-order valence-electron chi connectivity index (χ0n) is 6.49. The molecule has 0 amide bonds. The van der Waals surface area contributed by atoms with E-state index in [2.05, 4.69) is 0 Å². The van der Waals surface area contributed by atoms with Gasteiger partial charge in [-0.05, 0) is 12.1 Å². The Labute approximate surface area is 88.0 Å². The van der Waals surface area contributed by atoms with E-state index in [0.29, 0.717) is 0 Å². The first-order chi connectivity index (χ1) is 6.07. The lowest BCUT2D eigenvalue weighted by atomic mass is 10.1. The Morgan fingerprint density at radius 2 is 1.85 bits per heavy atom. The van der Waals surface area contributed by atoms with Crippen LogP contribution in [0.5, 0.6) is 17.2 Å². The van der Waals surface area contributed by atoms with Gasteiger partial charge in [-0.3, -0.25) is 4.79 Å². The van der Waals surface area contributed by atoms with Crippen LogP contribution in [0.3, 0.4) is 0 Å². The lowest BCUT2D eigenvalue weighted by Gasteiger charge is -2.04. The number of benzene rings is 1. The second-order valence-corrected chi connectivity index (χ2v) is 3.15. The quantitative estimate of drug-likeness (QED) is 0.334. The van der Waals surface area contributed by atoms with E-state index in [4.69, 9.17) is 10.2 Å². The van der Waals surface area contributed by atoms with E-state index < -0.39 is 17.2 Å². The first-order valence-electron chi connectivity index (χ1n) is 3.41. The van der Waals surface area contributed by atoms with Crippen molar-refractivity contribution in [3.63, 3.8) is 0 Å². The van der Waals surface area contributed by atoms with Crippen LogP contribution in [0, 0.1) is 0 Å². The van der Waals surface area contributed by atoms with Crippen molar-refractivity contribution in [1.29, 1.82) is 0 Å². The molecule has 0 aromatic heterocycles. The molecule has 0 radical (unpaired) electrons. The lowest BCUT2D eigenvalue weighted by molar-refractivity contribution is 0.102. The first kappa shape index (κ1) is 10.1. The van der Waals surface area contributed by atoms with Crippen molar-refractivity contribution in [2.75, 3.05) is 4.43 Å². The molecule has 1 aromatic rings. The van der Waals surface area contributed by atoms with Gasteiger partial charge in [-0.1, -0.05) is 22.6 Å². The molecule has 1 rings (SSSR count). The summed E-state index contributed by atoms with van der Waals surface area (Å²) in [5.41, 5.74) is 0.0182. The largest absolute Gasteiger partial charge is 0.504 e. The highest BCUT2D eigenvalue weighted by Gasteiger charge is 2.15. The van der Waals surface area contributed by atoms with Crippen molar-refractivity contribution in [2.45, 2.75) is 0 Å². The first-order valence-corrected chi connectivity index (χ1v) is 4.93. The molecule has 3 N–H and O–H groups in total. The fourth-order valence-corrected chi connectivity index (χ4v) is 1.28. The number of rotatable bonds is 2. The molecule has 0 heterocycles. The number of phenolic OH excluding ortho intramolecular Hbond substituents is 3. The minimum atomic E-state index is -0.657. The van der Waals surface area contributed by atoms with Gasteiger partial charge in [0.1, 0.15) is 0 Å². The second-order valence-electron chi connectivity index (χ2n) is 2.39. The number of ketones is 1. The summed E-state index contributed by atoms with van der Waals surface area (Å²) in [4.78, 5) is 11.1. The molecule has 0 atom stereocenters. The van der Waals surface area contributed by atoms with Crippen LogP contribution in [0.2, 0.25) is 0 Å². The molecular formula is C8H7IO4. The highest BCUT2D eigenvalue weighted by molar-refractivity contribution is 14.1. The molecule has 13 heavy (non-hydrogen) atoms. The third-order valence-electron chi connectivity index (χ3n) is 1.55. The van der Waals surface area contributed by atoms with Crippen LogP contribution in [-0.4, -0.2) is 25.5 Å². The highest BCUT2D eigenvalue weighted by Crippen LogP contribution is 2.37. The van der Waals surface area contributed by atoms with Crippen LogP contribution in [0.25, 0.3) is 0 Å². The molecule has 0 fully saturated rings. The van der Waals surface area contributed by atoms with Gasteiger partial charge in [0.25, 0.3) is 0 Å². The standard InChI is InChI=1S/C8H7IO4/c9-3-6(11)4-1-2-5(10)8(13)7(4)12/h1-2,10,12-13H,3H2. The summed E-state index contributed by atoms with van der Waals surface area (Å²) in [7, 11) is 0. The number of halogens is 1. The molecule has 0 aliphatic rings. The van der Waals surface area contributed by atoms with E-state index in [0.717, 1.165) is 6.07 Å². The molecule has 0 aliphatic heterocycles. The molecule has 0 unspecified atom stereocenters. The Morgan fingerprint density at radius 1 is 1.23 bits per heavy atom. The number of Topliss-reactive ketones (excluding diaryl/α,β-unsaturated/α-hetero) is 1. The van der Waals surface area contributed by atoms with E-state index >= 15 is 0 Å². The van der Waals surface area contributed by atoms with Gasteiger partial charge in [0, 0.05) is 0 Å². The molecule has 5 heteroatoms. The Hall–Kier alpha value is -0.980. The summed E-state index contributed by atoms with van der Waals surface area (Å²) >= 11 is 1.85. The fourth-order valence-electron chi connectivity index (χ4n) is 0.866. The topological polar surface area (TPSA) is 77.8 Å². The van der Waals surface area contributed by atoms with E-state index in [1.165, 1.54) is 6.07 Å². The summed E-state index contributed by atoms with van der Waals surface area (Å²) in [5.74, 6) is -1.96. The van der Waals surface area contributed by atoms with E-state index in [9.17, 15) is 9.90 Å². The summed E-state index contributed by atoms with van der Waals surface area (Å²) in [6, 6.07) is 2.43. The van der Waals surface area contributed by atoms with Crippen LogP contribution in [0.1, 0.15) is 10.4 Å². The van der Waals surface area contributed by atoms with Gasteiger partial charge in [0.2, 0.25) is 5.75 Å². The van der Waals surface area contributed by atoms with Crippen LogP contribution in [-0.2, 0) is 0 Å². The van der Waals surface area contributed by atoms with E-state index in [1.54, 1.807) is 0 Å². The number of aromatic hydroxyl groups is 3. The predicted octanol–water partition coefficient (Wildman–Crippen LogP) is 1.42. The maximum absolute atomic E-state index is 11.1. The molecular weight excluding hydrogens is 287 g/mol. The number of carbonyl (C=O) groups excluding carboxylic acids is 1. The van der Waals surface area contributed by atoms with Gasteiger partial charge in [0.15, 0.2) is 17.3 Å². The minimum absolute atomic E-state index is 0.0182. The van der Waals surface area contributed by atoms with Gasteiger partial charge in [-0.25, -0.2) is 0 Å². The Balaban J connectivity index is 3.26. The molecule has 1 aromatic carbocycles. The minimum Gasteiger partial charge on any atom is -0.504 e. The number of hydrogen-bond acceptors (Lipinski definition) is 4. The zero-order valence-corrected chi connectivity index (χ0v) is 8.65. The molecule has 70 valence electrons. The van der Waals surface area contributed by atoms with Gasteiger partial charge in [-0.2, -0.15) is 0 Å². The average molecular weight is 294 g/mol. The molecule has 4 nitrogen and oxygen atoms in total. The van der Waals surface area contributed by atoms with Crippen molar-refractivity contribution < 1.29 is 20.1 Å². The van der Waals surface area contributed by atoms with Crippen LogP contribution >= 0.6 is 22.6 Å². The summed E-state index contributed by atoms with van der Waals surface area (Å²) in [6.07, 6.45) is 0. The Bertz CT molecular complexity index is 348. The summed E-state index contributed by atoms with van der Waals surface area (Å²) in [5, 5.41) is 27.3. The number of phenols is 3. The second kappa shape index (κ2) is 3.82. The molecule has 0 saturated carbocycles. The third-order valence-corrected chi connectivity index (χ3v) is 2.24. The highest BCUT2D eigenvalue weighted by atomic mass is 127. The normalized spacial score (nSPS) is 9.92. The Kier molecular flexibility index (Phi) is 2.97. The van der Waals surface area contributed by atoms with E-state index in [-0.39, 0.29) is 15.8 Å². The SMILES string of the molecule is O=C(CI)c1ccc(O)c(O)c1O. The zero-order chi connectivity index (χ0) is 10.0. The van der Waals surface area contributed by atoms with Crippen molar-refractivity contribution >= 4 is 28.4 Å². The van der Waals surface area contributed by atoms with Crippen molar-refractivity contribution in [2.24, 2.45) is 0 Å². The lowest BCUT2D eigenvalue weighted by Crippen LogP contribution is -1.99. The van der Waals surface area contributed by atoms with E-state index in [1.807, 2.05) is 22.6 Å². The van der Waals surface area contributed by atoms with Crippen molar-refractivity contribution in [1.82, 2.24) is 0 Å². The Morgan fingerprint density at radius 3 is 2.38 bits per heavy atom. The maximum atomic E-state index is 11.1. The average Bonchev–Trinajstić information content (AvgIpc) is 2.13. The maximum Gasteiger partial charge on any atom is 0.201 e. The van der Waals surface area contributed by atoms with Crippen LogP contribution in [0.4, 0.5) is 0 Å². The number of hydrogen-bond donors (Lipinski definition) is 3. The van der Waals surface area contributed by atoms with Gasteiger partial charge in [0.05, 0.1) is 9.99 Å². The summed E-state index contributed by atoms with van der Waals surface area (Å²) in [6.45, 7) is 0. The predicted molar refractivity (Wildman–Crippen MR) is 54.7 cm³/mol. The van der Waals surface area contributed by atoms with Crippen molar-refractivity contribution in [3.05, 3.63) is 17.7 Å². The van der Waals surface area contributed by atoms with Gasteiger partial charge >= 0.3 is 0 Å². The number of carbonyl (C=O) groups is 1. The van der Waals surface area contributed by atoms with Gasteiger partial charge < -0.3 is 15.3 Å². The third kappa shape index (κ3) is 1.85. The van der Waals surface area contributed by atoms with Crippen LogP contribution in [0.15, 0.2) is 12.1 Å². The summed E-state index contributed by atoms with van der Waals surface area (Å²) < 4.78 is 0.204. The molecule has 0 bridgehead atoms. The molecule has 0 aliphatic carbocycles. The molecule has 0 saturated heterocycles. The fraction of sp³-hybridized carbons (Fsp3) is 0.125. The van der Waals surface area contributed by atoms with Gasteiger partial charge in [-0.15, -0.1) is 0 Å². The monoisotopic (exact) mass is 294 g/mol. The molecule has 0 spiro atoms. The smallest absolute Gasteiger partial charge is 0.201 e. The number of alkyl halides is 1. The van der Waals surface area contributed by atoms with Crippen LogP contribution < -0.4 is 0 Å². The van der Waals surface area contributed by atoms with Crippen molar-refractivity contribution in [3.8, 4) is 17.2 Å².